The molecule has 10 heavy (non-hydrogen) atoms. The second kappa shape index (κ2) is 4.74. The van der Waals surface area contributed by atoms with Crippen molar-refractivity contribution in [2.24, 2.45) is 0 Å². The van der Waals surface area contributed by atoms with E-state index in [0.29, 0.717) is 0 Å². The molecule has 0 unspecified atom stereocenters. The van der Waals surface area contributed by atoms with Crippen molar-refractivity contribution < 1.29 is 4.79 Å². The van der Waals surface area contributed by atoms with Crippen LogP contribution >= 0.6 is 0 Å². The molecule has 0 spiro atoms. The van der Waals surface area contributed by atoms with Crippen LogP contribution in [-0.2, 0) is 4.79 Å². The smallest absolute Gasteiger partial charge is 0.281 e. The Balaban J connectivity index is 0.000000371. The van der Waals surface area contributed by atoms with Gasteiger partial charge in [-0.3, -0.25) is 4.79 Å². The molecule has 0 heterocycles. The Bertz CT molecular complexity index is 173. The lowest BCUT2D eigenvalue weighted by molar-refractivity contribution is 0.574. The van der Waals surface area contributed by atoms with Crippen LogP contribution in [0.5, 0.6) is 0 Å². The van der Waals surface area contributed by atoms with E-state index in [2.05, 4.69) is 44.9 Å². The minimum Gasteiger partial charge on any atom is -0.281 e. The van der Waals surface area contributed by atoms with Gasteiger partial charge >= 0.3 is 0 Å². The first-order valence-electron chi connectivity index (χ1n) is 3.03. The molecule has 0 N–H and O–H groups in total. The van der Waals surface area contributed by atoms with Crippen molar-refractivity contribution in [2.75, 3.05) is 0 Å². The molecule has 0 aliphatic carbocycles. The number of rotatable bonds is 0. The summed E-state index contributed by atoms with van der Waals surface area (Å²) < 4.78 is 0. The molecule has 0 saturated carbocycles. The number of hydrogen-bond donors (Lipinski definition) is 0. The van der Waals surface area contributed by atoms with Gasteiger partial charge in [-0.15, -0.1) is 0 Å². The zero-order valence-electron chi connectivity index (χ0n) is 6.22. The summed E-state index contributed by atoms with van der Waals surface area (Å²) in [5.41, 5.74) is 2.74. The second-order valence-corrected chi connectivity index (χ2v) is 2.08. The fourth-order valence-electron chi connectivity index (χ4n) is 0.663. The molecule has 1 nitrogen and oxygen atoms in total. The first-order valence-corrected chi connectivity index (χ1v) is 3.03. The van der Waals surface area contributed by atoms with Crippen LogP contribution in [0, 0.1) is 13.8 Å². The molecule has 2 radical (unpaired) electrons. The number of hydrogen-bond acceptors (Lipinski definition) is 1. The van der Waals surface area contributed by atoms with Crippen LogP contribution in [0.3, 0.4) is 0 Å². The van der Waals surface area contributed by atoms with E-state index >= 15 is 0 Å². The quantitative estimate of drug-likeness (QED) is 0.529. The van der Waals surface area contributed by atoms with Crippen molar-refractivity contribution in [3.05, 3.63) is 35.4 Å². The average molecular weight is 134 g/mol. The SMILES string of the molecule is Cc1ccccc1C.[C]=O. The predicted molar refractivity (Wildman–Crippen MR) is 41.6 cm³/mol. The summed E-state index contributed by atoms with van der Waals surface area (Å²) in [6.07, 6.45) is 0. The van der Waals surface area contributed by atoms with E-state index in [1.54, 1.807) is 0 Å². The van der Waals surface area contributed by atoms with Crippen molar-refractivity contribution in [1.29, 1.82) is 0 Å². The first-order chi connectivity index (χ1) is 4.80. The van der Waals surface area contributed by atoms with Crippen molar-refractivity contribution in [3.8, 4) is 0 Å². The lowest BCUT2D eigenvalue weighted by atomic mass is 10.1. The molecule has 0 aromatic heterocycles. The summed E-state index contributed by atoms with van der Waals surface area (Å²) in [6.45, 7) is 8.74. The van der Waals surface area contributed by atoms with Gasteiger partial charge in [-0.05, 0) is 25.0 Å². The van der Waals surface area contributed by atoms with E-state index in [4.69, 9.17) is 4.79 Å². The maximum Gasteiger partial charge on any atom is 0.281 e. The highest BCUT2D eigenvalue weighted by Crippen LogP contribution is 2.02. The molecule has 1 heteroatoms. The van der Waals surface area contributed by atoms with E-state index in [1.807, 2.05) is 0 Å². The monoisotopic (exact) mass is 134 g/mol. The van der Waals surface area contributed by atoms with Crippen molar-refractivity contribution in [3.63, 3.8) is 0 Å². The van der Waals surface area contributed by atoms with Gasteiger partial charge in [0.15, 0.2) is 0 Å². The third-order valence-electron chi connectivity index (χ3n) is 1.43. The van der Waals surface area contributed by atoms with E-state index in [1.165, 1.54) is 11.1 Å². The first kappa shape index (κ1) is 8.89. The molecule has 0 bridgehead atoms. The fourth-order valence-corrected chi connectivity index (χ4v) is 0.663. The van der Waals surface area contributed by atoms with Crippen LogP contribution < -0.4 is 0 Å². The third kappa shape index (κ3) is 2.44. The average Bonchev–Trinajstić information content (AvgIpc) is 2.00. The molecule has 1 rings (SSSR count). The standard InChI is InChI=1S/C8H10.CO/c1-7-5-3-4-6-8(7)2;1-2/h3-6H,1-2H3;. The molecule has 1 aromatic carbocycles. The minimum atomic E-state index is 1.37. The van der Waals surface area contributed by atoms with Crippen LogP contribution in [0.1, 0.15) is 11.1 Å². The highest BCUT2D eigenvalue weighted by Gasteiger charge is 1.83. The summed E-state index contributed by atoms with van der Waals surface area (Å²) in [5.74, 6) is 0. The van der Waals surface area contributed by atoms with Gasteiger partial charge in [0, 0.05) is 0 Å². The molecular formula is C9H10O. The molecule has 0 amide bonds. The Hall–Kier alpha value is -1.11. The number of aryl methyl sites for hydroxylation is 2. The highest BCUT2D eigenvalue weighted by molar-refractivity contribution is 5.23. The van der Waals surface area contributed by atoms with Gasteiger partial charge in [0.2, 0.25) is 0 Å². The molecule has 0 fully saturated rings. The topological polar surface area (TPSA) is 17.1 Å². The largest absolute Gasteiger partial charge is 0.281 e. The fraction of sp³-hybridized carbons (Fsp3) is 0.222. The van der Waals surface area contributed by atoms with E-state index in [-0.39, 0.29) is 0 Å². The molecule has 52 valence electrons. The van der Waals surface area contributed by atoms with Crippen molar-refractivity contribution >= 4 is 6.79 Å². The molecule has 0 atom stereocenters. The van der Waals surface area contributed by atoms with Gasteiger partial charge in [-0.1, -0.05) is 24.3 Å². The Morgan fingerprint density at radius 1 is 1.00 bits per heavy atom. The maximum atomic E-state index is 7.50. The molecular weight excluding hydrogens is 124 g/mol. The van der Waals surface area contributed by atoms with Crippen LogP contribution in [0.25, 0.3) is 0 Å². The predicted octanol–water partition coefficient (Wildman–Crippen LogP) is 1.91. The lowest BCUT2D eigenvalue weighted by Crippen LogP contribution is -1.74. The highest BCUT2D eigenvalue weighted by atomic mass is 16.1. The molecule has 1 aromatic rings. The van der Waals surface area contributed by atoms with Crippen LogP contribution in [-0.4, -0.2) is 6.79 Å². The van der Waals surface area contributed by atoms with E-state index < -0.39 is 0 Å². The zero-order valence-corrected chi connectivity index (χ0v) is 6.22. The number of benzene rings is 1. The Morgan fingerprint density at radius 3 is 1.50 bits per heavy atom. The van der Waals surface area contributed by atoms with Gasteiger partial charge in [0.05, 0.1) is 0 Å². The van der Waals surface area contributed by atoms with Gasteiger partial charge < -0.3 is 0 Å². The van der Waals surface area contributed by atoms with Crippen LogP contribution in [0.2, 0.25) is 0 Å². The second-order valence-electron chi connectivity index (χ2n) is 2.08. The molecule has 0 aliphatic heterocycles. The molecule has 0 saturated heterocycles. The van der Waals surface area contributed by atoms with Crippen LogP contribution in [0.15, 0.2) is 24.3 Å². The lowest BCUT2D eigenvalue weighted by Gasteiger charge is -1.93. The van der Waals surface area contributed by atoms with Crippen molar-refractivity contribution in [2.45, 2.75) is 13.8 Å². The van der Waals surface area contributed by atoms with Crippen LogP contribution in [0.4, 0.5) is 0 Å². The summed E-state index contributed by atoms with van der Waals surface area (Å²) in [7, 11) is 0. The Morgan fingerprint density at radius 2 is 1.30 bits per heavy atom. The number of carbonyl (C=O) groups excluding carboxylic acids is 1. The normalized spacial score (nSPS) is 7.80. The van der Waals surface area contributed by atoms with Gasteiger partial charge in [0.1, 0.15) is 0 Å². The van der Waals surface area contributed by atoms with Gasteiger partial charge in [-0.25, -0.2) is 0 Å². The maximum absolute atomic E-state index is 7.50. The summed E-state index contributed by atoms with van der Waals surface area (Å²) in [6, 6.07) is 8.36. The summed E-state index contributed by atoms with van der Waals surface area (Å²) in [5, 5.41) is 0. The summed E-state index contributed by atoms with van der Waals surface area (Å²) >= 11 is 0. The zero-order chi connectivity index (χ0) is 7.98. The Labute approximate surface area is 61.7 Å². The van der Waals surface area contributed by atoms with Gasteiger partial charge in [0.25, 0.3) is 6.79 Å². The third-order valence-corrected chi connectivity index (χ3v) is 1.43. The van der Waals surface area contributed by atoms with Crippen molar-refractivity contribution in [1.82, 2.24) is 0 Å². The minimum absolute atomic E-state index is 1.37. The summed E-state index contributed by atoms with van der Waals surface area (Å²) in [4.78, 5) is 7.50. The van der Waals surface area contributed by atoms with Gasteiger partial charge in [-0.2, -0.15) is 0 Å². The Kier molecular flexibility index (Phi) is 4.21. The van der Waals surface area contributed by atoms with E-state index in [0.717, 1.165) is 0 Å². The van der Waals surface area contributed by atoms with E-state index in [9.17, 15) is 0 Å². The molecule has 0 aliphatic rings.